The van der Waals surface area contributed by atoms with E-state index in [2.05, 4.69) is 53.7 Å². The molecule has 0 radical (unpaired) electrons. The maximum Gasteiger partial charge on any atom is 0.346 e. The first kappa shape index (κ1) is 35.9. The molecule has 2 aliphatic heterocycles. The van der Waals surface area contributed by atoms with Crippen molar-refractivity contribution >= 4 is 82.5 Å². The molecule has 0 fully saturated rings. The summed E-state index contributed by atoms with van der Waals surface area (Å²) in [6, 6.07) is 0. The van der Waals surface area contributed by atoms with E-state index in [4.69, 9.17) is 9.47 Å². The summed E-state index contributed by atoms with van der Waals surface area (Å²) in [4.78, 5) is 25.4. The van der Waals surface area contributed by atoms with E-state index in [0.29, 0.717) is 21.6 Å². The number of methoxy groups -OCH3 is 2. The van der Waals surface area contributed by atoms with Crippen LogP contribution < -0.4 is 0 Å². The molecule has 2 atom stereocenters. The molecular weight excluding hydrogens is 617 g/mol. The van der Waals surface area contributed by atoms with E-state index in [1.54, 1.807) is 23.5 Å². The molecule has 2 unspecified atom stereocenters. The van der Waals surface area contributed by atoms with Crippen LogP contribution in [-0.2, 0) is 19.1 Å². The average molecular weight is 661 g/mol. The molecule has 0 aromatic carbocycles. The summed E-state index contributed by atoms with van der Waals surface area (Å²) in [7, 11) is 2.68. The highest BCUT2D eigenvalue weighted by Gasteiger charge is 2.36. The van der Waals surface area contributed by atoms with Crippen molar-refractivity contribution in [1.82, 2.24) is 0 Å². The van der Waals surface area contributed by atoms with Crippen molar-refractivity contribution in [3.63, 3.8) is 0 Å². The van der Waals surface area contributed by atoms with E-state index >= 15 is 0 Å². The third-order valence-electron chi connectivity index (χ3n) is 6.15. The zero-order valence-corrected chi connectivity index (χ0v) is 29.9. The first-order chi connectivity index (χ1) is 19.0. The van der Waals surface area contributed by atoms with Crippen molar-refractivity contribution in [3.8, 4) is 0 Å². The van der Waals surface area contributed by atoms with Gasteiger partial charge in [-0.2, -0.15) is 0 Å². The first-order valence-electron chi connectivity index (χ1n) is 13.7. The standard InChI is InChI=1S/C30H44O4S6/c1-19(2)11-9-13-21(5)15-17-35-27-28(36-18-16-22(6)14-10-12-20(3)4)40-30(39-27)29-37-23(25(31)33-7)24(38-29)26(32)34-8/h11-12,21-22H,9-10,13-18H2,1-8H3. The van der Waals surface area contributed by atoms with Gasteiger partial charge in [-0.1, -0.05) is 84.2 Å². The summed E-state index contributed by atoms with van der Waals surface area (Å²) >= 11 is 10.1. The fourth-order valence-corrected chi connectivity index (χ4v) is 12.8. The summed E-state index contributed by atoms with van der Waals surface area (Å²) < 4.78 is 14.7. The Bertz CT molecular complexity index is 970. The minimum Gasteiger partial charge on any atom is -0.465 e. The van der Waals surface area contributed by atoms with Gasteiger partial charge in [0.05, 0.1) is 31.2 Å². The summed E-state index contributed by atoms with van der Waals surface area (Å²) in [6.45, 7) is 13.4. The van der Waals surface area contributed by atoms with E-state index < -0.39 is 11.9 Å². The number of carbonyl (C=O) groups is 2. The van der Waals surface area contributed by atoms with Crippen molar-refractivity contribution < 1.29 is 19.1 Å². The Labute approximate surface area is 267 Å². The lowest BCUT2D eigenvalue weighted by Crippen LogP contribution is -2.08. The number of ether oxygens (including phenoxy) is 2. The van der Waals surface area contributed by atoms with Crippen molar-refractivity contribution in [1.29, 1.82) is 0 Å². The Morgan fingerprint density at radius 2 is 1.05 bits per heavy atom. The SMILES string of the molecule is COC(=O)C1=C(C(=O)OC)SC(=C2SC(SCCC(C)CCC=C(C)C)=C(SCCC(C)CCC=C(C)C)S2)S1. The van der Waals surface area contributed by atoms with Crippen molar-refractivity contribution in [2.24, 2.45) is 11.8 Å². The van der Waals surface area contributed by atoms with E-state index in [-0.39, 0.29) is 0 Å². The zero-order valence-electron chi connectivity index (χ0n) is 25.0. The predicted octanol–water partition coefficient (Wildman–Crippen LogP) is 10.8. The van der Waals surface area contributed by atoms with Crippen molar-refractivity contribution in [3.05, 3.63) is 50.1 Å². The Balaban J connectivity index is 2.08. The monoisotopic (exact) mass is 660 g/mol. The number of carbonyl (C=O) groups excluding carboxylic acids is 2. The molecule has 0 amide bonds. The normalized spacial score (nSPS) is 16.8. The van der Waals surface area contributed by atoms with Crippen LogP contribution in [0.3, 0.4) is 0 Å². The van der Waals surface area contributed by atoms with Gasteiger partial charge >= 0.3 is 11.9 Å². The Hall–Kier alpha value is -0.260. The number of hydrogen-bond donors (Lipinski definition) is 0. The quantitative estimate of drug-likeness (QED) is 0.118. The summed E-state index contributed by atoms with van der Waals surface area (Å²) in [6.07, 6.45) is 11.8. The molecule has 2 heterocycles. The molecular formula is C30H44O4S6. The van der Waals surface area contributed by atoms with Crippen LogP contribution in [0.1, 0.15) is 80.1 Å². The second kappa shape index (κ2) is 19.1. The summed E-state index contributed by atoms with van der Waals surface area (Å²) in [5, 5.41) is 0. The van der Waals surface area contributed by atoms with Gasteiger partial charge < -0.3 is 9.47 Å². The molecule has 0 bridgehead atoms. The lowest BCUT2D eigenvalue weighted by atomic mass is 10.0. The number of esters is 2. The molecule has 0 aliphatic carbocycles. The molecule has 0 aromatic heterocycles. The summed E-state index contributed by atoms with van der Waals surface area (Å²) in [5.74, 6) is 2.56. The van der Waals surface area contributed by atoms with Crippen LogP contribution in [0, 0.1) is 11.8 Å². The highest BCUT2D eigenvalue weighted by molar-refractivity contribution is 8.42. The number of hydrogen-bond acceptors (Lipinski definition) is 10. The van der Waals surface area contributed by atoms with Gasteiger partial charge in [-0.15, -0.1) is 23.5 Å². The molecule has 40 heavy (non-hydrogen) atoms. The van der Waals surface area contributed by atoms with Crippen molar-refractivity contribution in [2.75, 3.05) is 25.7 Å². The molecule has 0 spiro atoms. The Morgan fingerprint density at radius 3 is 1.40 bits per heavy atom. The minimum absolute atomic E-state index is 0.314. The average Bonchev–Trinajstić information content (AvgIpc) is 3.52. The fourth-order valence-electron chi connectivity index (χ4n) is 3.68. The minimum atomic E-state index is -0.497. The maximum atomic E-state index is 12.4. The Morgan fingerprint density at radius 1 is 0.675 bits per heavy atom. The van der Waals surface area contributed by atoms with Gasteiger partial charge in [-0.3, -0.25) is 0 Å². The molecule has 224 valence electrons. The van der Waals surface area contributed by atoms with Crippen LogP contribution >= 0.6 is 70.6 Å². The lowest BCUT2D eigenvalue weighted by molar-refractivity contribution is -0.138. The van der Waals surface area contributed by atoms with Gasteiger partial charge in [0.15, 0.2) is 0 Å². The van der Waals surface area contributed by atoms with Crippen LogP contribution in [0.2, 0.25) is 0 Å². The molecule has 0 saturated carbocycles. The number of rotatable bonds is 16. The third-order valence-corrected chi connectivity index (χ3v) is 14.8. The van der Waals surface area contributed by atoms with E-state index in [1.807, 2.05) is 23.5 Å². The van der Waals surface area contributed by atoms with E-state index in [0.717, 1.165) is 32.8 Å². The predicted molar refractivity (Wildman–Crippen MR) is 185 cm³/mol. The van der Waals surface area contributed by atoms with Gasteiger partial charge in [0.25, 0.3) is 0 Å². The molecule has 2 aliphatic rings. The van der Waals surface area contributed by atoms with Crippen LogP contribution in [0.25, 0.3) is 0 Å². The zero-order chi connectivity index (χ0) is 29.7. The fraction of sp³-hybridized carbons (Fsp3) is 0.600. The largest absolute Gasteiger partial charge is 0.465 e. The first-order valence-corrected chi connectivity index (χ1v) is 18.9. The third kappa shape index (κ3) is 12.5. The van der Waals surface area contributed by atoms with Crippen LogP contribution in [0.4, 0.5) is 0 Å². The van der Waals surface area contributed by atoms with Gasteiger partial charge in [0.1, 0.15) is 9.81 Å². The van der Waals surface area contributed by atoms with Gasteiger partial charge in [0, 0.05) is 0 Å². The molecule has 0 aromatic rings. The van der Waals surface area contributed by atoms with Gasteiger partial charge in [0.2, 0.25) is 0 Å². The second-order valence-electron chi connectivity index (χ2n) is 10.4. The Kier molecular flexibility index (Phi) is 17.2. The lowest BCUT2D eigenvalue weighted by Gasteiger charge is -2.11. The highest BCUT2D eigenvalue weighted by Crippen LogP contribution is 2.64. The number of thioether (sulfide) groups is 6. The van der Waals surface area contributed by atoms with Gasteiger partial charge in [-0.05, 0) is 89.6 Å². The molecule has 4 nitrogen and oxygen atoms in total. The molecule has 0 N–H and O–H groups in total. The van der Waals surface area contributed by atoms with Crippen LogP contribution in [-0.4, -0.2) is 37.7 Å². The van der Waals surface area contributed by atoms with E-state index in [9.17, 15) is 9.59 Å². The molecule has 0 saturated heterocycles. The van der Waals surface area contributed by atoms with Crippen molar-refractivity contribution in [2.45, 2.75) is 80.1 Å². The topological polar surface area (TPSA) is 52.6 Å². The molecule has 10 heteroatoms. The second-order valence-corrected chi connectivity index (χ2v) is 17.7. The van der Waals surface area contributed by atoms with Crippen LogP contribution in [0.15, 0.2) is 50.1 Å². The molecule has 2 rings (SSSR count). The van der Waals surface area contributed by atoms with Crippen LogP contribution in [0.5, 0.6) is 0 Å². The summed E-state index contributed by atoms with van der Waals surface area (Å²) in [5.41, 5.74) is 2.78. The smallest absolute Gasteiger partial charge is 0.346 e. The number of allylic oxidation sites excluding steroid dienone is 4. The maximum absolute atomic E-state index is 12.4. The van der Waals surface area contributed by atoms with Gasteiger partial charge in [-0.25, -0.2) is 9.59 Å². The highest BCUT2D eigenvalue weighted by atomic mass is 32.3. The van der Waals surface area contributed by atoms with E-state index in [1.165, 1.54) is 83.0 Å².